The summed E-state index contributed by atoms with van der Waals surface area (Å²) in [7, 11) is 0. The Balaban J connectivity index is 1.75. The summed E-state index contributed by atoms with van der Waals surface area (Å²) < 4.78 is 5.64. The van der Waals surface area contributed by atoms with E-state index < -0.39 is 0 Å². The molecule has 1 fully saturated rings. The lowest BCUT2D eigenvalue weighted by atomic mass is 10.0. The van der Waals surface area contributed by atoms with Gasteiger partial charge < -0.3 is 15.0 Å². The van der Waals surface area contributed by atoms with E-state index >= 15 is 0 Å². The van der Waals surface area contributed by atoms with E-state index in [1.54, 1.807) is 6.07 Å². The fourth-order valence-corrected chi connectivity index (χ4v) is 3.57. The van der Waals surface area contributed by atoms with Crippen LogP contribution >= 0.6 is 0 Å². The smallest absolute Gasteiger partial charge is 0.274 e. The molecular formula is C22H30N4O2. The molecule has 1 unspecified atom stereocenters. The van der Waals surface area contributed by atoms with Gasteiger partial charge in [0.25, 0.3) is 5.91 Å². The van der Waals surface area contributed by atoms with Crippen LogP contribution in [0.3, 0.4) is 0 Å². The van der Waals surface area contributed by atoms with Crippen molar-refractivity contribution < 1.29 is 9.53 Å². The number of rotatable bonds is 6. The number of hydrogen-bond acceptors (Lipinski definition) is 5. The zero-order chi connectivity index (χ0) is 20.1. The molecule has 1 amide bonds. The first kappa shape index (κ1) is 20.1. The number of carbonyl (C=O) groups excluding carboxylic acids is 1. The number of nitrogens with zero attached hydrogens (tertiary/aromatic N) is 3. The molecule has 3 rings (SSSR count). The third kappa shape index (κ3) is 5.00. The molecule has 6 heteroatoms. The Hall–Kier alpha value is -2.63. The Morgan fingerprint density at radius 3 is 2.68 bits per heavy atom. The van der Waals surface area contributed by atoms with E-state index in [-0.39, 0.29) is 12.0 Å². The highest BCUT2D eigenvalue weighted by molar-refractivity contribution is 6.03. The first-order chi connectivity index (χ1) is 13.5. The van der Waals surface area contributed by atoms with E-state index in [1.807, 2.05) is 45.0 Å². The number of aromatic nitrogens is 2. The second kappa shape index (κ2) is 9.04. The molecular weight excluding hydrogens is 352 g/mol. The third-order valence-corrected chi connectivity index (χ3v) is 4.91. The van der Waals surface area contributed by atoms with Gasteiger partial charge in [-0.15, -0.1) is 0 Å². The highest BCUT2D eigenvalue weighted by atomic mass is 16.5. The SMILES string of the molecule is CCC1CCCCN1c1nc(C)cc(C(=O)Nc2ccc(OC(C)C)cc2)n1. The second-order valence-corrected chi connectivity index (χ2v) is 7.59. The molecule has 2 aromatic rings. The van der Waals surface area contributed by atoms with Crippen molar-refractivity contribution in [3.63, 3.8) is 0 Å². The van der Waals surface area contributed by atoms with Crippen LogP contribution < -0.4 is 15.0 Å². The van der Waals surface area contributed by atoms with Gasteiger partial charge in [-0.3, -0.25) is 4.79 Å². The normalized spacial score (nSPS) is 16.9. The van der Waals surface area contributed by atoms with E-state index in [0.717, 1.165) is 37.3 Å². The summed E-state index contributed by atoms with van der Waals surface area (Å²) >= 11 is 0. The molecule has 28 heavy (non-hydrogen) atoms. The van der Waals surface area contributed by atoms with Gasteiger partial charge in [-0.05, 0) is 76.8 Å². The molecule has 0 radical (unpaired) electrons. The molecule has 1 atom stereocenters. The van der Waals surface area contributed by atoms with E-state index in [4.69, 9.17) is 4.74 Å². The number of amides is 1. The Kier molecular flexibility index (Phi) is 6.49. The zero-order valence-electron chi connectivity index (χ0n) is 17.2. The molecule has 1 aliphatic rings. The van der Waals surface area contributed by atoms with Gasteiger partial charge in [0.2, 0.25) is 5.95 Å². The van der Waals surface area contributed by atoms with Gasteiger partial charge in [0, 0.05) is 24.0 Å². The first-order valence-electron chi connectivity index (χ1n) is 10.2. The van der Waals surface area contributed by atoms with Crippen LogP contribution in [0, 0.1) is 6.92 Å². The Morgan fingerprint density at radius 2 is 2.00 bits per heavy atom. The van der Waals surface area contributed by atoms with Gasteiger partial charge in [0.05, 0.1) is 6.10 Å². The fraction of sp³-hybridized carbons (Fsp3) is 0.500. The topological polar surface area (TPSA) is 67.4 Å². The van der Waals surface area contributed by atoms with Crippen molar-refractivity contribution in [3.05, 3.63) is 41.7 Å². The summed E-state index contributed by atoms with van der Waals surface area (Å²) in [6.07, 6.45) is 4.71. The van der Waals surface area contributed by atoms with Crippen LogP contribution in [-0.2, 0) is 0 Å². The van der Waals surface area contributed by atoms with E-state index in [2.05, 4.69) is 27.1 Å². The van der Waals surface area contributed by atoms with Gasteiger partial charge >= 0.3 is 0 Å². The van der Waals surface area contributed by atoms with E-state index in [0.29, 0.717) is 23.4 Å². The summed E-state index contributed by atoms with van der Waals surface area (Å²) in [6, 6.07) is 9.56. The van der Waals surface area contributed by atoms with Crippen LogP contribution in [0.1, 0.15) is 62.6 Å². The van der Waals surface area contributed by atoms with Gasteiger partial charge in [0.15, 0.2) is 0 Å². The average molecular weight is 383 g/mol. The second-order valence-electron chi connectivity index (χ2n) is 7.59. The highest BCUT2D eigenvalue weighted by Gasteiger charge is 2.24. The molecule has 0 spiro atoms. The first-order valence-corrected chi connectivity index (χ1v) is 10.2. The minimum atomic E-state index is -0.227. The molecule has 0 bridgehead atoms. The largest absolute Gasteiger partial charge is 0.491 e. The lowest BCUT2D eigenvalue weighted by Gasteiger charge is -2.35. The highest BCUT2D eigenvalue weighted by Crippen LogP contribution is 2.24. The summed E-state index contributed by atoms with van der Waals surface area (Å²) in [5.74, 6) is 1.22. The summed E-state index contributed by atoms with van der Waals surface area (Å²) in [4.78, 5) is 24.2. The molecule has 0 aliphatic carbocycles. The predicted octanol–water partition coefficient (Wildman–Crippen LogP) is 4.59. The monoisotopic (exact) mass is 382 g/mol. The lowest BCUT2D eigenvalue weighted by molar-refractivity contribution is 0.102. The van der Waals surface area contributed by atoms with E-state index in [9.17, 15) is 4.79 Å². The fourth-order valence-electron chi connectivity index (χ4n) is 3.57. The predicted molar refractivity (Wildman–Crippen MR) is 112 cm³/mol. The van der Waals surface area contributed by atoms with Crippen molar-refractivity contribution >= 4 is 17.5 Å². The number of hydrogen-bond donors (Lipinski definition) is 1. The zero-order valence-corrected chi connectivity index (χ0v) is 17.2. The number of ether oxygens (including phenoxy) is 1. The standard InChI is InChI=1S/C22H30N4O2/c1-5-18-8-6-7-13-26(18)22-23-16(4)14-20(25-22)21(27)24-17-9-11-19(12-10-17)28-15(2)3/h9-12,14-15,18H,5-8,13H2,1-4H3,(H,24,27). The number of carbonyl (C=O) groups is 1. The van der Waals surface area contributed by atoms with Crippen molar-refractivity contribution in [2.24, 2.45) is 0 Å². The summed E-state index contributed by atoms with van der Waals surface area (Å²) in [6.45, 7) is 9.01. The average Bonchev–Trinajstić information content (AvgIpc) is 2.68. The van der Waals surface area contributed by atoms with E-state index in [1.165, 1.54) is 6.42 Å². The maximum Gasteiger partial charge on any atom is 0.274 e. The number of nitrogens with one attached hydrogen (secondary N) is 1. The van der Waals surface area contributed by atoms with Gasteiger partial charge in [-0.2, -0.15) is 0 Å². The van der Waals surface area contributed by atoms with Crippen molar-refractivity contribution in [2.75, 3.05) is 16.8 Å². The summed E-state index contributed by atoms with van der Waals surface area (Å²) in [5.41, 5.74) is 1.91. The molecule has 0 saturated carbocycles. The van der Waals surface area contributed by atoms with Crippen molar-refractivity contribution in [1.29, 1.82) is 0 Å². The van der Waals surface area contributed by atoms with Gasteiger partial charge in [-0.1, -0.05) is 6.92 Å². The molecule has 1 aromatic carbocycles. The maximum atomic E-state index is 12.8. The summed E-state index contributed by atoms with van der Waals surface area (Å²) in [5, 5.41) is 2.92. The number of anilines is 2. The van der Waals surface area contributed by atoms with Crippen molar-refractivity contribution in [3.8, 4) is 5.75 Å². The third-order valence-electron chi connectivity index (χ3n) is 4.91. The van der Waals surface area contributed by atoms with Crippen LogP contribution in [0.15, 0.2) is 30.3 Å². The van der Waals surface area contributed by atoms with Crippen molar-refractivity contribution in [1.82, 2.24) is 9.97 Å². The molecule has 1 aliphatic heterocycles. The lowest BCUT2D eigenvalue weighted by Crippen LogP contribution is -2.40. The van der Waals surface area contributed by atoms with Crippen LogP contribution in [0.25, 0.3) is 0 Å². The van der Waals surface area contributed by atoms with Crippen LogP contribution in [-0.4, -0.2) is 34.6 Å². The molecule has 2 heterocycles. The quantitative estimate of drug-likeness (QED) is 0.791. The molecule has 1 N–H and O–H groups in total. The van der Waals surface area contributed by atoms with Crippen LogP contribution in [0.2, 0.25) is 0 Å². The number of aryl methyl sites for hydroxylation is 1. The Labute approximate surface area is 167 Å². The van der Waals surface area contributed by atoms with Crippen molar-refractivity contribution in [2.45, 2.75) is 65.5 Å². The minimum Gasteiger partial charge on any atom is -0.491 e. The number of benzene rings is 1. The Morgan fingerprint density at radius 1 is 1.25 bits per heavy atom. The van der Waals surface area contributed by atoms with Crippen LogP contribution in [0.4, 0.5) is 11.6 Å². The van der Waals surface area contributed by atoms with Crippen LogP contribution in [0.5, 0.6) is 5.75 Å². The molecule has 1 aromatic heterocycles. The molecule has 1 saturated heterocycles. The number of piperidine rings is 1. The minimum absolute atomic E-state index is 0.115. The molecule has 150 valence electrons. The Bertz CT molecular complexity index is 805. The maximum absolute atomic E-state index is 12.8. The molecule has 6 nitrogen and oxygen atoms in total. The van der Waals surface area contributed by atoms with Gasteiger partial charge in [0.1, 0.15) is 11.4 Å². The van der Waals surface area contributed by atoms with Gasteiger partial charge in [-0.25, -0.2) is 9.97 Å².